The molecule has 0 radical (unpaired) electrons. The molecular formula is C10H12Br2N2O2. The number of carbonyl (C=O) groups is 1. The summed E-state index contributed by atoms with van der Waals surface area (Å²) in [5.74, 6) is 0.118. The zero-order valence-electron chi connectivity index (χ0n) is 8.68. The number of halogens is 2. The Kier molecular flexibility index (Phi) is 5.24. The van der Waals surface area contributed by atoms with E-state index in [1.165, 1.54) is 0 Å². The normalized spacial score (nSPS) is 10.2. The van der Waals surface area contributed by atoms with Crippen molar-refractivity contribution in [1.82, 2.24) is 10.6 Å². The molecule has 3 N–H and O–H groups in total. The molecule has 0 saturated carbocycles. The number of benzene rings is 1. The van der Waals surface area contributed by atoms with Gasteiger partial charge in [-0.05, 0) is 49.6 Å². The van der Waals surface area contributed by atoms with Gasteiger partial charge in [-0.3, -0.25) is 4.79 Å². The van der Waals surface area contributed by atoms with Crippen LogP contribution in [0.25, 0.3) is 0 Å². The molecule has 6 heteroatoms. The highest BCUT2D eigenvalue weighted by Gasteiger charge is 2.06. The number of amides is 1. The number of carbonyl (C=O) groups excluding carboxylic acids is 1. The van der Waals surface area contributed by atoms with Crippen LogP contribution in [0.2, 0.25) is 0 Å². The largest absolute Gasteiger partial charge is 0.506 e. The molecular weight excluding hydrogens is 340 g/mol. The maximum absolute atomic E-state index is 11.0. The van der Waals surface area contributed by atoms with Crippen LogP contribution in [0.3, 0.4) is 0 Å². The highest BCUT2D eigenvalue weighted by atomic mass is 79.9. The van der Waals surface area contributed by atoms with Gasteiger partial charge in [-0.15, -0.1) is 0 Å². The lowest BCUT2D eigenvalue weighted by Gasteiger charge is -2.07. The number of phenols is 1. The Morgan fingerprint density at radius 3 is 2.44 bits per heavy atom. The minimum atomic E-state index is -0.0584. The fourth-order valence-electron chi connectivity index (χ4n) is 1.13. The summed E-state index contributed by atoms with van der Waals surface area (Å²) in [6.07, 6.45) is 0. The van der Waals surface area contributed by atoms with Crippen molar-refractivity contribution in [2.75, 3.05) is 13.6 Å². The van der Waals surface area contributed by atoms with E-state index in [-0.39, 0.29) is 18.2 Å². The second kappa shape index (κ2) is 6.22. The highest BCUT2D eigenvalue weighted by molar-refractivity contribution is 9.11. The third-order valence-electron chi connectivity index (χ3n) is 1.97. The average Bonchev–Trinajstić information content (AvgIpc) is 2.25. The fourth-order valence-corrected chi connectivity index (χ4v) is 2.41. The van der Waals surface area contributed by atoms with E-state index in [4.69, 9.17) is 0 Å². The molecule has 0 saturated heterocycles. The van der Waals surface area contributed by atoms with Crippen LogP contribution in [0, 0.1) is 0 Å². The van der Waals surface area contributed by atoms with Gasteiger partial charge in [-0.1, -0.05) is 0 Å². The predicted octanol–water partition coefficient (Wildman–Crippen LogP) is 1.75. The molecule has 1 aromatic carbocycles. The molecule has 0 spiro atoms. The van der Waals surface area contributed by atoms with E-state index in [2.05, 4.69) is 42.5 Å². The molecule has 0 aliphatic carbocycles. The number of phenolic OH excluding ortho intramolecular Hbond substituents is 1. The molecule has 0 bridgehead atoms. The van der Waals surface area contributed by atoms with Gasteiger partial charge in [0.15, 0.2) is 0 Å². The van der Waals surface area contributed by atoms with Crippen molar-refractivity contribution in [3.63, 3.8) is 0 Å². The van der Waals surface area contributed by atoms with E-state index in [1.807, 2.05) is 0 Å². The van der Waals surface area contributed by atoms with Crippen LogP contribution in [0.5, 0.6) is 5.75 Å². The van der Waals surface area contributed by atoms with Crippen molar-refractivity contribution in [2.45, 2.75) is 6.54 Å². The summed E-state index contributed by atoms with van der Waals surface area (Å²) in [6, 6.07) is 3.61. The lowest BCUT2D eigenvalue weighted by atomic mass is 10.2. The molecule has 1 aromatic rings. The molecule has 0 aliphatic heterocycles. The Bertz CT molecular complexity index is 373. The SMILES string of the molecule is CNC(=O)CNCc1cc(Br)c(O)c(Br)c1. The van der Waals surface area contributed by atoms with Crippen LogP contribution in [0.1, 0.15) is 5.56 Å². The van der Waals surface area contributed by atoms with Crippen molar-refractivity contribution in [2.24, 2.45) is 0 Å². The first-order chi connectivity index (χ1) is 7.54. The second-order valence-electron chi connectivity index (χ2n) is 3.18. The maximum atomic E-state index is 11.0. The topological polar surface area (TPSA) is 61.4 Å². The molecule has 88 valence electrons. The summed E-state index contributed by atoms with van der Waals surface area (Å²) in [6.45, 7) is 0.831. The molecule has 1 amide bonds. The Morgan fingerprint density at radius 2 is 1.94 bits per heavy atom. The molecule has 0 unspecified atom stereocenters. The lowest BCUT2D eigenvalue weighted by Crippen LogP contribution is -2.30. The number of hydrogen-bond acceptors (Lipinski definition) is 3. The van der Waals surface area contributed by atoms with Crippen molar-refractivity contribution in [1.29, 1.82) is 0 Å². The first kappa shape index (κ1) is 13.5. The van der Waals surface area contributed by atoms with Crippen LogP contribution >= 0.6 is 31.9 Å². The molecule has 4 nitrogen and oxygen atoms in total. The first-order valence-electron chi connectivity index (χ1n) is 4.62. The van der Waals surface area contributed by atoms with E-state index in [1.54, 1.807) is 19.2 Å². The minimum Gasteiger partial charge on any atom is -0.506 e. The summed E-state index contributed by atoms with van der Waals surface area (Å²) < 4.78 is 1.25. The van der Waals surface area contributed by atoms with Gasteiger partial charge in [0.1, 0.15) is 5.75 Å². The van der Waals surface area contributed by atoms with Crippen LogP contribution in [-0.4, -0.2) is 24.6 Å². The summed E-state index contributed by atoms with van der Waals surface area (Å²) in [4.78, 5) is 11.0. The van der Waals surface area contributed by atoms with Gasteiger partial charge >= 0.3 is 0 Å². The minimum absolute atomic E-state index is 0.0584. The zero-order valence-corrected chi connectivity index (χ0v) is 11.9. The zero-order chi connectivity index (χ0) is 12.1. The molecule has 16 heavy (non-hydrogen) atoms. The summed E-state index contributed by atoms with van der Waals surface area (Å²) in [7, 11) is 1.59. The second-order valence-corrected chi connectivity index (χ2v) is 4.89. The van der Waals surface area contributed by atoms with E-state index in [0.29, 0.717) is 15.5 Å². The monoisotopic (exact) mass is 350 g/mol. The quantitative estimate of drug-likeness (QED) is 0.774. The number of hydrogen-bond donors (Lipinski definition) is 3. The number of likely N-dealkylation sites (N-methyl/N-ethyl adjacent to an activating group) is 1. The van der Waals surface area contributed by atoms with Gasteiger partial charge in [-0.2, -0.15) is 0 Å². The standard InChI is InChI=1S/C10H12Br2N2O2/c1-13-9(15)5-14-4-6-2-7(11)10(16)8(12)3-6/h2-3,14,16H,4-5H2,1H3,(H,13,15). The molecule has 0 atom stereocenters. The molecule has 0 fully saturated rings. The van der Waals surface area contributed by atoms with Gasteiger partial charge in [0.2, 0.25) is 5.91 Å². The van der Waals surface area contributed by atoms with Crippen molar-refractivity contribution in [3.05, 3.63) is 26.6 Å². The number of nitrogens with one attached hydrogen (secondary N) is 2. The van der Waals surface area contributed by atoms with Gasteiger partial charge in [0, 0.05) is 13.6 Å². The number of aromatic hydroxyl groups is 1. The summed E-state index contributed by atoms with van der Waals surface area (Å²) in [5.41, 5.74) is 0.973. The van der Waals surface area contributed by atoms with Crippen molar-refractivity contribution in [3.8, 4) is 5.75 Å². The summed E-state index contributed by atoms with van der Waals surface area (Å²) >= 11 is 6.49. The van der Waals surface area contributed by atoms with Crippen LogP contribution in [0.4, 0.5) is 0 Å². The lowest BCUT2D eigenvalue weighted by molar-refractivity contribution is -0.119. The Morgan fingerprint density at radius 1 is 1.38 bits per heavy atom. The number of rotatable bonds is 4. The van der Waals surface area contributed by atoms with Gasteiger partial charge in [0.25, 0.3) is 0 Å². The smallest absolute Gasteiger partial charge is 0.233 e. The maximum Gasteiger partial charge on any atom is 0.233 e. The van der Waals surface area contributed by atoms with E-state index in [0.717, 1.165) is 5.56 Å². The Labute approximate surface area is 111 Å². The van der Waals surface area contributed by atoms with E-state index in [9.17, 15) is 9.90 Å². The molecule has 0 heterocycles. The van der Waals surface area contributed by atoms with Crippen LogP contribution in [0.15, 0.2) is 21.1 Å². The first-order valence-corrected chi connectivity index (χ1v) is 6.21. The summed E-state index contributed by atoms with van der Waals surface area (Å²) in [5, 5.41) is 15.0. The Hall–Kier alpha value is -0.590. The predicted molar refractivity (Wildman–Crippen MR) is 69.3 cm³/mol. The average molecular weight is 352 g/mol. The molecule has 1 rings (SSSR count). The van der Waals surface area contributed by atoms with Gasteiger partial charge in [0.05, 0.1) is 15.5 Å². The van der Waals surface area contributed by atoms with Crippen molar-refractivity contribution < 1.29 is 9.90 Å². The molecule has 0 aliphatic rings. The van der Waals surface area contributed by atoms with E-state index < -0.39 is 0 Å². The van der Waals surface area contributed by atoms with Crippen molar-refractivity contribution >= 4 is 37.8 Å². The van der Waals surface area contributed by atoms with Gasteiger partial charge < -0.3 is 15.7 Å². The molecule has 0 aromatic heterocycles. The Balaban J connectivity index is 2.58. The van der Waals surface area contributed by atoms with Crippen LogP contribution < -0.4 is 10.6 Å². The fraction of sp³-hybridized carbons (Fsp3) is 0.300. The highest BCUT2D eigenvalue weighted by Crippen LogP contribution is 2.33. The third kappa shape index (κ3) is 3.77. The third-order valence-corrected chi connectivity index (χ3v) is 3.18. The van der Waals surface area contributed by atoms with Crippen LogP contribution in [-0.2, 0) is 11.3 Å². The van der Waals surface area contributed by atoms with Gasteiger partial charge in [-0.25, -0.2) is 0 Å². The van der Waals surface area contributed by atoms with E-state index >= 15 is 0 Å².